The predicted molar refractivity (Wildman–Crippen MR) is 54.4 cm³/mol. The van der Waals surface area contributed by atoms with E-state index in [4.69, 9.17) is 5.73 Å². The first kappa shape index (κ1) is 9.61. The average molecular weight is 167 g/mol. The van der Waals surface area contributed by atoms with Gasteiger partial charge in [-0.25, -0.2) is 0 Å². The zero-order valence-electron chi connectivity index (χ0n) is 8.36. The summed E-state index contributed by atoms with van der Waals surface area (Å²) in [7, 11) is 2.09. The number of allylic oxidation sites excluding steroid dienone is 1. The Kier molecular flexibility index (Phi) is 2.01. The van der Waals surface area contributed by atoms with Gasteiger partial charge in [-0.2, -0.15) is 0 Å². The van der Waals surface area contributed by atoms with E-state index < -0.39 is 0 Å². The van der Waals surface area contributed by atoms with E-state index in [9.17, 15) is 0 Å². The Morgan fingerprint density at radius 1 is 1.75 bits per heavy atom. The van der Waals surface area contributed by atoms with Crippen LogP contribution in [0.3, 0.4) is 0 Å². The van der Waals surface area contributed by atoms with Crippen LogP contribution in [0.5, 0.6) is 0 Å². The van der Waals surface area contributed by atoms with Crippen LogP contribution in [0.4, 0.5) is 0 Å². The standard InChI is InChI=1S/C8H18BN3/c1-5(2)11-8(10)6(3)12-7(8,4)9/h6,11-12H,1,9-10H2,2-4H3. The smallest absolute Gasteiger partial charge is 0.132 e. The maximum Gasteiger partial charge on any atom is 0.132 e. The normalized spacial score (nSPS) is 46.5. The van der Waals surface area contributed by atoms with E-state index in [0.29, 0.717) is 0 Å². The molecule has 1 aliphatic heterocycles. The molecule has 1 heterocycles. The van der Waals surface area contributed by atoms with Crippen LogP contribution in [0.15, 0.2) is 12.3 Å². The second kappa shape index (κ2) is 2.50. The third-order valence-corrected chi connectivity index (χ3v) is 2.71. The first-order valence-corrected chi connectivity index (χ1v) is 4.30. The summed E-state index contributed by atoms with van der Waals surface area (Å²) in [6, 6.07) is 0.282. The summed E-state index contributed by atoms with van der Waals surface area (Å²) in [4.78, 5) is 0. The Hall–Kier alpha value is -0.475. The van der Waals surface area contributed by atoms with Gasteiger partial charge in [0.15, 0.2) is 0 Å². The lowest BCUT2D eigenvalue weighted by Gasteiger charge is -2.60. The molecule has 1 saturated heterocycles. The summed E-state index contributed by atoms with van der Waals surface area (Å²) >= 11 is 0. The lowest BCUT2D eigenvalue weighted by Crippen LogP contribution is -2.90. The number of hydrogen-bond acceptors (Lipinski definition) is 3. The van der Waals surface area contributed by atoms with Gasteiger partial charge in [-0.1, -0.05) is 13.5 Å². The van der Waals surface area contributed by atoms with Crippen LogP contribution < -0.4 is 16.4 Å². The maximum absolute atomic E-state index is 6.19. The van der Waals surface area contributed by atoms with Gasteiger partial charge in [0, 0.05) is 17.2 Å². The molecule has 12 heavy (non-hydrogen) atoms. The molecule has 1 aliphatic rings. The summed E-state index contributed by atoms with van der Waals surface area (Å²) < 4.78 is 0. The molecule has 0 amide bonds. The summed E-state index contributed by atoms with van der Waals surface area (Å²) in [5, 5.41) is 6.57. The first-order valence-electron chi connectivity index (χ1n) is 4.30. The van der Waals surface area contributed by atoms with Crippen molar-refractivity contribution in [1.29, 1.82) is 0 Å². The highest BCUT2D eigenvalue weighted by atomic mass is 15.3. The van der Waals surface area contributed by atoms with Crippen molar-refractivity contribution in [2.24, 2.45) is 5.73 Å². The van der Waals surface area contributed by atoms with Crippen LogP contribution >= 0.6 is 0 Å². The minimum absolute atomic E-state index is 0.0641. The van der Waals surface area contributed by atoms with Gasteiger partial charge < -0.3 is 16.4 Å². The minimum Gasteiger partial charge on any atom is -0.369 e. The highest BCUT2D eigenvalue weighted by Gasteiger charge is 2.55. The molecule has 68 valence electrons. The minimum atomic E-state index is -0.362. The molecular formula is C8H18BN3. The van der Waals surface area contributed by atoms with Crippen molar-refractivity contribution in [3.8, 4) is 0 Å². The molecule has 0 aromatic rings. The topological polar surface area (TPSA) is 50.1 Å². The molecular weight excluding hydrogens is 149 g/mol. The number of nitrogens with two attached hydrogens (primary N) is 1. The van der Waals surface area contributed by atoms with Gasteiger partial charge >= 0.3 is 0 Å². The molecule has 3 atom stereocenters. The Labute approximate surface area is 75.2 Å². The van der Waals surface area contributed by atoms with E-state index in [-0.39, 0.29) is 17.1 Å². The second-order valence-corrected chi connectivity index (χ2v) is 4.27. The molecule has 3 nitrogen and oxygen atoms in total. The molecule has 1 fully saturated rings. The van der Waals surface area contributed by atoms with E-state index in [0.717, 1.165) is 5.70 Å². The van der Waals surface area contributed by atoms with Gasteiger partial charge in [-0.05, 0) is 13.8 Å². The fraction of sp³-hybridized carbons (Fsp3) is 0.750. The Morgan fingerprint density at radius 3 is 2.42 bits per heavy atom. The lowest BCUT2D eigenvalue weighted by molar-refractivity contribution is 0.0660. The van der Waals surface area contributed by atoms with Crippen molar-refractivity contribution in [1.82, 2.24) is 10.6 Å². The van der Waals surface area contributed by atoms with Crippen molar-refractivity contribution < 1.29 is 0 Å². The molecule has 0 spiro atoms. The first-order chi connectivity index (χ1) is 5.29. The Balaban J connectivity index is 2.75. The fourth-order valence-corrected chi connectivity index (χ4v) is 1.86. The Morgan fingerprint density at radius 2 is 2.25 bits per heavy atom. The van der Waals surface area contributed by atoms with Gasteiger partial charge in [-0.15, -0.1) is 0 Å². The molecule has 1 rings (SSSR count). The third-order valence-electron chi connectivity index (χ3n) is 2.71. The monoisotopic (exact) mass is 167 g/mol. The van der Waals surface area contributed by atoms with E-state index in [1.54, 1.807) is 0 Å². The molecule has 0 aromatic heterocycles. The van der Waals surface area contributed by atoms with Gasteiger partial charge in [-0.3, -0.25) is 0 Å². The SMILES string of the molecule is BC1(C)NC(C)C1(N)NC(=C)C. The maximum atomic E-state index is 6.19. The molecule has 0 radical (unpaired) electrons. The Bertz CT molecular complexity index is 214. The highest BCUT2D eigenvalue weighted by Crippen LogP contribution is 2.29. The van der Waals surface area contributed by atoms with Crippen LogP contribution in [-0.4, -0.2) is 25.0 Å². The summed E-state index contributed by atoms with van der Waals surface area (Å²) in [6.45, 7) is 9.89. The van der Waals surface area contributed by atoms with Crippen molar-refractivity contribution in [2.75, 3.05) is 0 Å². The van der Waals surface area contributed by atoms with Crippen molar-refractivity contribution in [2.45, 2.75) is 37.9 Å². The van der Waals surface area contributed by atoms with Crippen molar-refractivity contribution in [3.63, 3.8) is 0 Å². The molecule has 3 unspecified atom stereocenters. The highest BCUT2D eigenvalue weighted by molar-refractivity contribution is 6.17. The van der Waals surface area contributed by atoms with E-state index in [1.165, 1.54) is 0 Å². The van der Waals surface area contributed by atoms with E-state index in [1.807, 2.05) is 6.92 Å². The molecule has 0 saturated carbocycles. The zero-order valence-corrected chi connectivity index (χ0v) is 8.36. The van der Waals surface area contributed by atoms with Crippen LogP contribution in [0.2, 0.25) is 0 Å². The quantitative estimate of drug-likeness (QED) is 0.369. The van der Waals surface area contributed by atoms with E-state index >= 15 is 0 Å². The summed E-state index contributed by atoms with van der Waals surface area (Å²) in [5.41, 5.74) is 6.68. The molecule has 4 heteroatoms. The number of rotatable bonds is 2. The fourth-order valence-electron chi connectivity index (χ4n) is 1.86. The van der Waals surface area contributed by atoms with Gasteiger partial charge in [0.2, 0.25) is 0 Å². The second-order valence-electron chi connectivity index (χ2n) is 4.27. The number of nitrogens with one attached hydrogen (secondary N) is 2. The molecule has 0 aliphatic carbocycles. The van der Waals surface area contributed by atoms with Crippen molar-refractivity contribution >= 4 is 7.85 Å². The molecule has 0 bridgehead atoms. The van der Waals surface area contributed by atoms with Gasteiger partial charge in [0.05, 0.1) is 0 Å². The third kappa shape index (κ3) is 1.15. The van der Waals surface area contributed by atoms with Crippen molar-refractivity contribution in [3.05, 3.63) is 12.3 Å². The summed E-state index contributed by atoms with van der Waals surface area (Å²) in [6.07, 6.45) is 0. The van der Waals surface area contributed by atoms with Gasteiger partial charge in [0.1, 0.15) is 13.5 Å². The van der Waals surface area contributed by atoms with Gasteiger partial charge in [0.25, 0.3) is 0 Å². The van der Waals surface area contributed by atoms with Crippen LogP contribution in [-0.2, 0) is 0 Å². The van der Waals surface area contributed by atoms with Crippen LogP contribution in [0.1, 0.15) is 20.8 Å². The largest absolute Gasteiger partial charge is 0.369 e. The number of hydrogen-bond donors (Lipinski definition) is 3. The van der Waals surface area contributed by atoms with E-state index in [2.05, 4.69) is 38.9 Å². The molecule has 0 aromatic carbocycles. The van der Waals surface area contributed by atoms with Crippen LogP contribution in [0, 0.1) is 0 Å². The lowest BCUT2D eigenvalue weighted by atomic mass is 9.59. The predicted octanol–water partition coefficient (Wildman–Crippen LogP) is -0.894. The molecule has 4 N–H and O–H groups in total. The zero-order chi connectivity index (χ0) is 9.57. The summed E-state index contributed by atoms with van der Waals surface area (Å²) in [5.74, 6) is 0. The average Bonchev–Trinajstić information content (AvgIpc) is 1.85. The van der Waals surface area contributed by atoms with Crippen LogP contribution in [0.25, 0.3) is 0 Å².